The van der Waals surface area contributed by atoms with Gasteiger partial charge >= 0.3 is 0 Å². The molecule has 5 heteroatoms. The van der Waals surface area contributed by atoms with Gasteiger partial charge in [-0.1, -0.05) is 12.5 Å². The molecule has 4 heterocycles. The molecule has 2 aromatic rings. The van der Waals surface area contributed by atoms with Gasteiger partial charge in [-0.15, -0.1) is 11.3 Å². The van der Waals surface area contributed by atoms with E-state index >= 15 is 0 Å². The maximum Gasteiger partial charge on any atom is 0.225 e. The number of fused-ring (bicyclic) bond motifs is 2. The van der Waals surface area contributed by atoms with Crippen LogP contribution >= 0.6 is 11.3 Å². The summed E-state index contributed by atoms with van der Waals surface area (Å²) in [6.07, 6.45) is 7.89. The van der Waals surface area contributed by atoms with Crippen molar-refractivity contribution >= 4 is 17.3 Å². The Labute approximate surface area is 129 Å². The smallest absolute Gasteiger partial charge is 0.225 e. The first-order valence-corrected chi connectivity index (χ1v) is 8.52. The van der Waals surface area contributed by atoms with E-state index in [1.54, 1.807) is 11.3 Å². The van der Waals surface area contributed by atoms with Gasteiger partial charge in [-0.25, -0.2) is 9.97 Å². The molecule has 2 bridgehead atoms. The molecular formula is C16H20N4S. The van der Waals surface area contributed by atoms with E-state index < -0.39 is 0 Å². The maximum absolute atomic E-state index is 4.61. The lowest BCUT2D eigenvalue weighted by molar-refractivity contribution is 0.0943. The summed E-state index contributed by atoms with van der Waals surface area (Å²) in [5, 5.41) is 2.09. The van der Waals surface area contributed by atoms with Crippen molar-refractivity contribution in [2.24, 2.45) is 0 Å². The highest BCUT2D eigenvalue weighted by atomic mass is 32.1. The first-order valence-electron chi connectivity index (χ1n) is 7.64. The molecule has 2 aliphatic rings. The lowest BCUT2D eigenvalue weighted by Gasteiger charge is -2.48. The minimum absolute atomic E-state index is 0.665. The summed E-state index contributed by atoms with van der Waals surface area (Å²) >= 11 is 1.73. The largest absolute Gasteiger partial charge is 0.338 e. The number of nitrogens with zero attached hydrogens (tertiary/aromatic N) is 4. The Kier molecular flexibility index (Phi) is 3.39. The Hall–Kier alpha value is -1.46. The highest BCUT2D eigenvalue weighted by Crippen LogP contribution is 2.29. The van der Waals surface area contributed by atoms with Crippen LogP contribution in [0.1, 0.15) is 19.3 Å². The summed E-state index contributed by atoms with van der Waals surface area (Å²) in [6, 6.07) is 5.51. The van der Waals surface area contributed by atoms with Gasteiger partial charge in [0.25, 0.3) is 0 Å². The average Bonchev–Trinajstić information content (AvgIpc) is 3.01. The second kappa shape index (κ2) is 5.39. The van der Waals surface area contributed by atoms with Gasteiger partial charge in [0.15, 0.2) is 0 Å². The molecule has 4 nitrogen and oxygen atoms in total. The van der Waals surface area contributed by atoms with E-state index in [2.05, 4.69) is 44.3 Å². The number of aromatic nitrogens is 2. The van der Waals surface area contributed by atoms with Gasteiger partial charge in [-0.05, 0) is 31.3 Å². The number of piperazine rings is 1. The van der Waals surface area contributed by atoms with E-state index in [0.29, 0.717) is 12.1 Å². The van der Waals surface area contributed by atoms with Crippen molar-refractivity contribution < 1.29 is 0 Å². The molecule has 0 aromatic carbocycles. The zero-order valence-electron chi connectivity index (χ0n) is 12.3. The van der Waals surface area contributed by atoms with Crippen LogP contribution in [0.15, 0.2) is 29.9 Å². The fourth-order valence-electron chi connectivity index (χ4n) is 3.54. The van der Waals surface area contributed by atoms with Crippen LogP contribution in [0.25, 0.3) is 10.4 Å². The van der Waals surface area contributed by atoms with Crippen LogP contribution in [-0.4, -0.2) is 47.1 Å². The van der Waals surface area contributed by atoms with Crippen LogP contribution in [0.5, 0.6) is 0 Å². The zero-order valence-corrected chi connectivity index (χ0v) is 13.1. The van der Waals surface area contributed by atoms with E-state index in [-0.39, 0.29) is 0 Å². The van der Waals surface area contributed by atoms with E-state index in [4.69, 9.17) is 0 Å². The zero-order chi connectivity index (χ0) is 14.2. The van der Waals surface area contributed by atoms with Gasteiger partial charge in [0.2, 0.25) is 5.95 Å². The first kappa shape index (κ1) is 13.2. The van der Waals surface area contributed by atoms with Crippen molar-refractivity contribution in [3.05, 3.63) is 29.9 Å². The number of piperidine rings is 1. The quantitative estimate of drug-likeness (QED) is 0.853. The number of thiophene rings is 1. The minimum atomic E-state index is 0.665. The van der Waals surface area contributed by atoms with E-state index in [1.165, 1.54) is 24.1 Å². The SMILES string of the molecule is CN1C2CCCC1CN(c1ncc(-c3cccs3)cn1)C2. The molecule has 2 aliphatic heterocycles. The van der Waals surface area contributed by atoms with Crippen molar-refractivity contribution in [1.82, 2.24) is 14.9 Å². The predicted octanol–water partition coefficient (Wildman–Crippen LogP) is 2.88. The first-order chi connectivity index (χ1) is 10.3. The van der Waals surface area contributed by atoms with E-state index in [1.807, 2.05) is 12.4 Å². The standard InChI is InChI=1S/C16H20N4S/c1-19-13-4-2-5-14(19)11-20(10-13)16-17-8-12(9-18-16)15-6-3-7-21-15/h3,6-9,13-14H,2,4-5,10-11H2,1H3. The summed E-state index contributed by atoms with van der Waals surface area (Å²) in [4.78, 5) is 15.4. The predicted molar refractivity (Wildman–Crippen MR) is 86.7 cm³/mol. The van der Waals surface area contributed by atoms with Crippen LogP contribution in [0.3, 0.4) is 0 Å². The Balaban J connectivity index is 1.54. The summed E-state index contributed by atoms with van der Waals surface area (Å²) in [5.74, 6) is 0.889. The van der Waals surface area contributed by atoms with E-state index in [9.17, 15) is 0 Å². The van der Waals surface area contributed by atoms with Crippen LogP contribution in [0.4, 0.5) is 5.95 Å². The fraction of sp³-hybridized carbons (Fsp3) is 0.500. The van der Waals surface area contributed by atoms with Gasteiger partial charge in [0.1, 0.15) is 0 Å². The van der Waals surface area contributed by atoms with E-state index in [0.717, 1.165) is 24.6 Å². The normalized spacial score (nSPS) is 26.0. The van der Waals surface area contributed by atoms with Gasteiger partial charge in [0, 0.05) is 48.0 Å². The molecule has 2 atom stereocenters. The Morgan fingerprint density at radius 2 is 1.86 bits per heavy atom. The van der Waals surface area contributed by atoms with Gasteiger partial charge in [0.05, 0.1) is 0 Å². The second-order valence-corrected chi connectivity index (χ2v) is 7.01. The average molecular weight is 300 g/mol. The van der Waals surface area contributed by atoms with Crippen LogP contribution in [0, 0.1) is 0 Å². The Morgan fingerprint density at radius 1 is 1.14 bits per heavy atom. The molecule has 2 saturated heterocycles. The molecular weight excluding hydrogens is 280 g/mol. The van der Waals surface area contributed by atoms with Crippen molar-refractivity contribution in [2.75, 3.05) is 25.0 Å². The van der Waals surface area contributed by atoms with Crippen molar-refractivity contribution in [3.8, 4) is 10.4 Å². The fourth-order valence-corrected chi connectivity index (χ4v) is 4.24. The summed E-state index contributed by atoms with van der Waals surface area (Å²) in [5.41, 5.74) is 1.11. The maximum atomic E-state index is 4.61. The molecule has 110 valence electrons. The number of rotatable bonds is 2. The highest BCUT2D eigenvalue weighted by molar-refractivity contribution is 7.13. The molecule has 4 rings (SSSR count). The van der Waals surface area contributed by atoms with Crippen molar-refractivity contribution in [3.63, 3.8) is 0 Å². The van der Waals surface area contributed by atoms with Crippen molar-refractivity contribution in [1.29, 1.82) is 0 Å². The number of anilines is 1. The summed E-state index contributed by atoms with van der Waals surface area (Å²) in [6.45, 7) is 2.12. The number of hydrogen-bond donors (Lipinski definition) is 0. The molecule has 21 heavy (non-hydrogen) atoms. The van der Waals surface area contributed by atoms with Crippen molar-refractivity contribution in [2.45, 2.75) is 31.3 Å². The third-order valence-corrected chi connectivity index (χ3v) is 5.73. The molecule has 0 spiro atoms. The molecule has 2 unspecified atom stereocenters. The third-order valence-electron chi connectivity index (χ3n) is 4.82. The summed E-state index contributed by atoms with van der Waals surface area (Å²) < 4.78 is 0. The summed E-state index contributed by atoms with van der Waals surface area (Å²) in [7, 11) is 2.27. The highest BCUT2D eigenvalue weighted by Gasteiger charge is 2.35. The Bertz CT molecular complexity index is 581. The monoisotopic (exact) mass is 300 g/mol. The lowest BCUT2D eigenvalue weighted by Crippen LogP contribution is -2.59. The molecule has 2 aromatic heterocycles. The second-order valence-electron chi connectivity index (χ2n) is 6.06. The number of hydrogen-bond acceptors (Lipinski definition) is 5. The third kappa shape index (κ3) is 2.45. The lowest BCUT2D eigenvalue weighted by atomic mass is 9.92. The molecule has 0 amide bonds. The Morgan fingerprint density at radius 3 is 2.48 bits per heavy atom. The molecule has 0 radical (unpaired) electrons. The van der Waals surface area contributed by atoms with Gasteiger partial charge in [-0.2, -0.15) is 0 Å². The number of likely N-dealkylation sites (N-methyl/N-ethyl adjacent to an activating group) is 1. The van der Waals surface area contributed by atoms with Gasteiger partial charge < -0.3 is 4.90 Å². The van der Waals surface area contributed by atoms with Gasteiger partial charge in [-0.3, -0.25) is 4.90 Å². The van der Waals surface area contributed by atoms with Crippen LogP contribution < -0.4 is 4.90 Å². The van der Waals surface area contributed by atoms with Crippen LogP contribution in [0.2, 0.25) is 0 Å². The molecule has 0 N–H and O–H groups in total. The molecule has 0 aliphatic carbocycles. The topological polar surface area (TPSA) is 32.3 Å². The minimum Gasteiger partial charge on any atom is -0.338 e. The molecule has 0 saturated carbocycles. The van der Waals surface area contributed by atoms with Crippen LogP contribution in [-0.2, 0) is 0 Å². The molecule has 2 fully saturated rings.